The van der Waals surface area contributed by atoms with Crippen LogP contribution in [0.4, 0.5) is 0 Å². The van der Waals surface area contributed by atoms with Gasteiger partial charge in [0.2, 0.25) is 15.8 Å². The lowest BCUT2D eigenvalue weighted by Crippen LogP contribution is -2.32. The molecular formula is C23H21NO5S. The maximum absolute atomic E-state index is 13.0. The number of aryl methyl sites for hydroxylation is 1. The fourth-order valence-corrected chi connectivity index (χ4v) is 3.77. The standard InChI is InChI=1S/C23H21NO5S/c1-17-12-14-18(15-13-17)22(26)23(19-8-4-2-5-9-19)29-21(25)16-24-30(27,28)20-10-6-3-7-11-20/h2-15,23-24H,16H2,1H3/t23-/m1/s1. The molecule has 30 heavy (non-hydrogen) atoms. The van der Waals surface area contributed by atoms with E-state index in [-0.39, 0.29) is 10.7 Å². The van der Waals surface area contributed by atoms with Gasteiger partial charge < -0.3 is 4.74 Å². The van der Waals surface area contributed by atoms with Gasteiger partial charge in [-0.3, -0.25) is 9.59 Å². The van der Waals surface area contributed by atoms with Gasteiger partial charge >= 0.3 is 5.97 Å². The van der Waals surface area contributed by atoms with E-state index in [1.165, 1.54) is 12.1 Å². The van der Waals surface area contributed by atoms with Crippen LogP contribution in [0.2, 0.25) is 0 Å². The van der Waals surface area contributed by atoms with Gasteiger partial charge in [-0.05, 0) is 19.1 Å². The van der Waals surface area contributed by atoms with Gasteiger partial charge in [0.25, 0.3) is 0 Å². The summed E-state index contributed by atoms with van der Waals surface area (Å²) < 4.78 is 32.2. The molecular weight excluding hydrogens is 402 g/mol. The van der Waals surface area contributed by atoms with Crippen LogP contribution in [0.5, 0.6) is 0 Å². The summed E-state index contributed by atoms with van der Waals surface area (Å²) in [6, 6.07) is 23.2. The quantitative estimate of drug-likeness (QED) is 0.443. The molecule has 6 nitrogen and oxygen atoms in total. The average molecular weight is 423 g/mol. The van der Waals surface area contributed by atoms with E-state index in [1.807, 2.05) is 6.92 Å². The minimum absolute atomic E-state index is 0.0353. The highest BCUT2D eigenvalue weighted by Gasteiger charge is 2.27. The van der Waals surface area contributed by atoms with Crippen LogP contribution in [-0.2, 0) is 19.6 Å². The number of ketones is 1. The van der Waals surface area contributed by atoms with Crippen molar-refractivity contribution in [2.75, 3.05) is 6.54 Å². The summed E-state index contributed by atoms with van der Waals surface area (Å²) >= 11 is 0. The molecule has 1 atom stereocenters. The number of Topliss-reactive ketones (excluding diaryl/α,β-unsaturated/α-hetero) is 1. The van der Waals surface area contributed by atoms with Crippen molar-refractivity contribution in [3.05, 3.63) is 102 Å². The number of carbonyl (C=O) groups excluding carboxylic acids is 2. The fraction of sp³-hybridized carbons (Fsp3) is 0.130. The summed E-state index contributed by atoms with van der Waals surface area (Å²) in [7, 11) is -3.87. The maximum atomic E-state index is 13.0. The van der Waals surface area contributed by atoms with Crippen LogP contribution in [0, 0.1) is 6.92 Å². The largest absolute Gasteiger partial charge is 0.448 e. The van der Waals surface area contributed by atoms with Gasteiger partial charge in [-0.1, -0.05) is 78.4 Å². The lowest BCUT2D eigenvalue weighted by atomic mass is 9.99. The number of rotatable bonds is 8. The summed E-state index contributed by atoms with van der Waals surface area (Å²) in [6.45, 7) is 1.31. The Morgan fingerprint density at radius 1 is 0.867 bits per heavy atom. The third-order valence-corrected chi connectivity index (χ3v) is 5.80. The molecule has 0 aromatic heterocycles. The molecule has 154 valence electrons. The van der Waals surface area contributed by atoms with Crippen molar-refractivity contribution in [2.45, 2.75) is 17.9 Å². The number of benzene rings is 3. The second-order valence-electron chi connectivity index (χ2n) is 6.65. The molecule has 0 aliphatic carbocycles. The van der Waals surface area contributed by atoms with Gasteiger partial charge in [-0.2, -0.15) is 4.72 Å². The Kier molecular flexibility index (Phi) is 6.76. The molecule has 1 N–H and O–H groups in total. The molecule has 7 heteroatoms. The second-order valence-corrected chi connectivity index (χ2v) is 8.42. The zero-order valence-electron chi connectivity index (χ0n) is 16.3. The third-order valence-electron chi connectivity index (χ3n) is 4.39. The van der Waals surface area contributed by atoms with Crippen molar-refractivity contribution in [1.29, 1.82) is 0 Å². The van der Waals surface area contributed by atoms with Crippen LogP contribution in [0.25, 0.3) is 0 Å². The Balaban J connectivity index is 1.75. The van der Waals surface area contributed by atoms with Gasteiger partial charge in [0.05, 0.1) is 4.90 Å². The van der Waals surface area contributed by atoms with Crippen molar-refractivity contribution in [3.63, 3.8) is 0 Å². The monoisotopic (exact) mass is 423 g/mol. The molecule has 0 aliphatic heterocycles. The summed E-state index contributed by atoms with van der Waals surface area (Å²) in [5.74, 6) is -1.25. The van der Waals surface area contributed by atoms with Crippen LogP contribution in [0.15, 0.2) is 89.8 Å². The topological polar surface area (TPSA) is 89.5 Å². The molecule has 0 saturated heterocycles. The first kappa shape index (κ1) is 21.4. The van der Waals surface area contributed by atoms with E-state index in [1.54, 1.807) is 72.8 Å². The first-order valence-corrected chi connectivity index (χ1v) is 10.8. The molecule has 0 fully saturated rings. The van der Waals surface area contributed by atoms with Gasteiger partial charge in [-0.15, -0.1) is 0 Å². The Hall–Kier alpha value is -3.29. The minimum Gasteiger partial charge on any atom is -0.448 e. The van der Waals surface area contributed by atoms with E-state index in [9.17, 15) is 18.0 Å². The lowest BCUT2D eigenvalue weighted by Gasteiger charge is -2.18. The molecule has 0 amide bonds. The molecule has 0 bridgehead atoms. The van der Waals surface area contributed by atoms with Crippen LogP contribution in [0.1, 0.15) is 27.6 Å². The highest BCUT2D eigenvalue weighted by molar-refractivity contribution is 7.89. The summed E-state index contributed by atoms with van der Waals surface area (Å²) in [6.07, 6.45) is -1.18. The molecule has 0 unspecified atom stereocenters. The van der Waals surface area contributed by atoms with Gasteiger partial charge in [0.15, 0.2) is 6.10 Å². The number of nitrogens with one attached hydrogen (secondary N) is 1. The average Bonchev–Trinajstić information content (AvgIpc) is 2.77. The van der Waals surface area contributed by atoms with Crippen LogP contribution in [0.3, 0.4) is 0 Å². The number of hydrogen-bond donors (Lipinski definition) is 1. The second kappa shape index (κ2) is 9.47. The maximum Gasteiger partial charge on any atom is 0.322 e. The van der Waals surface area contributed by atoms with E-state index in [0.29, 0.717) is 11.1 Å². The van der Waals surface area contributed by atoms with Crippen molar-refractivity contribution in [2.24, 2.45) is 0 Å². The first-order chi connectivity index (χ1) is 14.4. The molecule has 0 saturated carbocycles. The van der Waals surface area contributed by atoms with E-state index >= 15 is 0 Å². The zero-order valence-corrected chi connectivity index (χ0v) is 17.1. The smallest absolute Gasteiger partial charge is 0.322 e. The van der Waals surface area contributed by atoms with E-state index in [4.69, 9.17) is 4.74 Å². The minimum atomic E-state index is -3.87. The van der Waals surface area contributed by atoms with Crippen LogP contribution in [-0.4, -0.2) is 26.7 Å². The SMILES string of the molecule is Cc1ccc(C(=O)[C@H](OC(=O)CNS(=O)(=O)c2ccccc2)c2ccccc2)cc1. The number of carbonyl (C=O) groups is 2. The molecule has 0 radical (unpaired) electrons. The van der Waals surface area contributed by atoms with E-state index in [2.05, 4.69) is 4.72 Å². The number of hydrogen-bond acceptors (Lipinski definition) is 5. The summed E-state index contributed by atoms with van der Waals surface area (Å²) in [5.41, 5.74) is 1.89. The van der Waals surface area contributed by atoms with Gasteiger partial charge in [0.1, 0.15) is 6.54 Å². The molecule has 3 aromatic rings. The molecule has 0 aliphatic rings. The Bertz CT molecular complexity index is 1110. The molecule has 3 aromatic carbocycles. The lowest BCUT2D eigenvalue weighted by molar-refractivity contribution is -0.145. The Labute approximate surface area is 175 Å². The van der Waals surface area contributed by atoms with Crippen molar-refractivity contribution >= 4 is 21.8 Å². The predicted molar refractivity (Wildman–Crippen MR) is 112 cm³/mol. The van der Waals surface area contributed by atoms with E-state index < -0.39 is 28.6 Å². The third kappa shape index (κ3) is 5.40. The van der Waals surface area contributed by atoms with Gasteiger partial charge in [0, 0.05) is 11.1 Å². The fourth-order valence-electron chi connectivity index (χ4n) is 2.78. The van der Waals surface area contributed by atoms with Crippen LogP contribution < -0.4 is 4.72 Å². The highest BCUT2D eigenvalue weighted by Crippen LogP contribution is 2.23. The van der Waals surface area contributed by atoms with E-state index in [0.717, 1.165) is 5.56 Å². The number of ether oxygens (including phenoxy) is 1. The van der Waals surface area contributed by atoms with Crippen molar-refractivity contribution in [1.82, 2.24) is 4.72 Å². The zero-order chi connectivity index (χ0) is 21.6. The normalized spacial score (nSPS) is 12.2. The number of sulfonamides is 1. The predicted octanol–water partition coefficient (Wildman–Crippen LogP) is 3.44. The van der Waals surface area contributed by atoms with Crippen molar-refractivity contribution in [3.8, 4) is 0 Å². The van der Waals surface area contributed by atoms with Crippen molar-refractivity contribution < 1.29 is 22.7 Å². The summed E-state index contributed by atoms with van der Waals surface area (Å²) in [4.78, 5) is 25.4. The Morgan fingerprint density at radius 2 is 1.43 bits per heavy atom. The summed E-state index contributed by atoms with van der Waals surface area (Å²) in [5, 5.41) is 0. The van der Waals surface area contributed by atoms with Crippen LogP contribution >= 0.6 is 0 Å². The number of esters is 1. The van der Waals surface area contributed by atoms with Gasteiger partial charge in [-0.25, -0.2) is 8.42 Å². The first-order valence-electron chi connectivity index (χ1n) is 9.27. The Morgan fingerprint density at radius 3 is 2.03 bits per heavy atom. The molecule has 0 spiro atoms. The molecule has 0 heterocycles. The highest BCUT2D eigenvalue weighted by atomic mass is 32.2. The molecule has 3 rings (SSSR count).